The van der Waals surface area contributed by atoms with Crippen molar-refractivity contribution in [1.29, 1.82) is 0 Å². The van der Waals surface area contributed by atoms with E-state index in [0.717, 1.165) is 0 Å². The van der Waals surface area contributed by atoms with Crippen LogP contribution < -0.4 is 0 Å². The molecule has 0 aliphatic heterocycles. The third-order valence-corrected chi connectivity index (χ3v) is 1.45. The molecule has 0 bridgehead atoms. The normalized spacial score (nSPS) is 11.3. The molecule has 0 aliphatic carbocycles. The van der Waals surface area contributed by atoms with Crippen molar-refractivity contribution in [1.82, 2.24) is 0 Å². The molecule has 0 spiro atoms. The van der Waals surface area contributed by atoms with Crippen LogP contribution in [0.4, 0.5) is 0 Å². The van der Waals surface area contributed by atoms with Crippen molar-refractivity contribution in [2.75, 3.05) is 0 Å². The third kappa shape index (κ3) is 4.20. The first-order valence-electron chi connectivity index (χ1n) is 2.44. The molecule has 39 valence electrons. The van der Waals surface area contributed by atoms with Crippen LogP contribution in [0.3, 0.4) is 0 Å². The molecule has 0 nitrogen and oxygen atoms in total. The zero-order valence-electron chi connectivity index (χ0n) is 4.81. The summed E-state index contributed by atoms with van der Waals surface area (Å²) in [5.41, 5.74) is 1.47. The van der Waals surface area contributed by atoms with E-state index in [9.17, 15) is 0 Å². The summed E-state index contributed by atoms with van der Waals surface area (Å²) < 4.78 is 2.18. The van der Waals surface area contributed by atoms with E-state index in [2.05, 4.69) is 24.1 Å². The molecule has 0 fully saturated rings. The van der Waals surface area contributed by atoms with Gasteiger partial charge in [-0.1, -0.05) is 0 Å². The average molecular weight is 263 g/mol. The Morgan fingerprint density at radius 3 is 2.43 bits per heavy atom. The monoisotopic (exact) mass is 263 g/mol. The van der Waals surface area contributed by atoms with Crippen molar-refractivity contribution in [2.24, 2.45) is 0 Å². The second-order valence-electron chi connectivity index (χ2n) is 1.52. The minimum atomic E-state index is 1.19. The Morgan fingerprint density at radius 2 is 2.29 bits per heavy atom. The summed E-state index contributed by atoms with van der Waals surface area (Å²) in [5.74, 6) is 0. The van der Waals surface area contributed by atoms with E-state index in [1.54, 1.807) is 0 Å². The van der Waals surface area contributed by atoms with E-state index < -0.39 is 0 Å². The van der Waals surface area contributed by atoms with Crippen molar-refractivity contribution >= 4 is 4.23 Å². The maximum absolute atomic E-state index is 2.19. The molecule has 7 heavy (non-hydrogen) atoms. The summed E-state index contributed by atoms with van der Waals surface area (Å²) in [6.45, 7) is 4.33. The summed E-state index contributed by atoms with van der Waals surface area (Å²) in [7, 11) is 0. The third-order valence-electron chi connectivity index (χ3n) is 0.917. The van der Waals surface area contributed by atoms with Gasteiger partial charge in [0.25, 0.3) is 0 Å². The van der Waals surface area contributed by atoms with Gasteiger partial charge in [-0.05, 0) is 0 Å². The fourth-order valence-electron chi connectivity index (χ4n) is 0.245. The number of rotatable bonds is 2. The summed E-state index contributed by atoms with van der Waals surface area (Å²) in [6.07, 6.45) is 3.38. The van der Waals surface area contributed by atoms with Gasteiger partial charge in [0, 0.05) is 0 Å². The number of hydrogen-bond acceptors (Lipinski definition) is 0. The van der Waals surface area contributed by atoms with Crippen LogP contribution in [0.1, 0.15) is 20.3 Å². The van der Waals surface area contributed by atoms with Crippen LogP contribution >= 0.6 is 0 Å². The van der Waals surface area contributed by atoms with Gasteiger partial charge >= 0.3 is 56.7 Å². The summed E-state index contributed by atoms with van der Waals surface area (Å²) in [4.78, 5) is 0. The first kappa shape index (κ1) is 7.35. The van der Waals surface area contributed by atoms with Gasteiger partial charge < -0.3 is 0 Å². The topological polar surface area (TPSA) is 0 Å². The van der Waals surface area contributed by atoms with E-state index in [4.69, 9.17) is 0 Å². The second kappa shape index (κ2) is 4.51. The van der Waals surface area contributed by atoms with Gasteiger partial charge in [0.1, 0.15) is 0 Å². The molecule has 0 aromatic heterocycles. The molecule has 0 aromatic carbocycles. The molecule has 0 aromatic rings. The van der Waals surface area contributed by atoms with Gasteiger partial charge in [0.05, 0.1) is 0 Å². The van der Waals surface area contributed by atoms with Gasteiger partial charge in [0.2, 0.25) is 0 Å². The van der Waals surface area contributed by atoms with Crippen molar-refractivity contribution in [3.8, 4) is 0 Å². The minimum absolute atomic E-state index is 1.19. The first-order valence-corrected chi connectivity index (χ1v) is 4.30. The van der Waals surface area contributed by atoms with E-state index >= 15 is 0 Å². The van der Waals surface area contributed by atoms with E-state index in [-0.39, 0.29) is 0 Å². The van der Waals surface area contributed by atoms with Crippen molar-refractivity contribution in [2.45, 2.75) is 20.3 Å². The second-order valence-corrected chi connectivity index (χ2v) is 2.59. The van der Waals surface area contributed by atoms with Gasteiger partial charge in [-0.2, -0.15) is 0 Å². The predicted molar refractivity (Wildman–Crippen MR) is 30.1 cm³/mol. The van der Waals surface area contributed by atoms with Crippen molar-refractivity contribution < 1.29 is 20.6 Å². The van der Waals surface area contributed by atoms with Gasteiger partial charge in [-0.25, -0.2) is 0 Å². The number of allylic oxidation sites excluding steroid dienone is 2. The SMILES string of the molecule is CC/C(C)=C\[CH]=[Ta]. The van der Waals surface area contributed by atoms with E-state index in [1.165, 1.54) is 32.6 Å². The van der Waals surface area contributed by atoms with Gasteiger partial charge in [0.15, 0.2) is 0 Å². The summed E-state index contributed by atoms with van der Waals surface area (Å²) in [6, 6.07) is 0. The molecule has 0 radical (unpaired) electrons. The molecule has 0 aliphatic rings. The molecule has 0 saturated carbocycles. The fourth-order valence-corrected chi connectivity index (χ4v) is 1.16. The van der Waals surface area contributed by atoms with Crippen molar-refractivity contribution in [3.63, 3.8) is 0 Å². The zero-order valence-corrected chi connectivity index (χ0v) is 8.02. The van der Waals surface area contributed by atoms with Crippen LogP contribution in [0.2, 0.25) is 0 Å². The Hall–Kier alpha value is 0.350. The standard InChI is InChI=1S/C6H10.Ta/c1-4-6(3)5-2;/h1,4H,5H2,2-3H3;/b6-4-;. The predicted octanol–water partition coefficient (Wildman–Crippen LogP) is 1.69. The van der Waals surface area contributed by atoms with Crippen LogP contribution in [-0.2, 0) is 20.6 Å². The number of hydrogen-bond donors (Lipinski definition) is 0. The fraction of sp³-hybridized carbons (Fsp3) is 0.500. The molecule has 0 amide bonds. The first-order chi connectivity index (χ1) is 3.31. The Morgan fingerprint density at radius 1 is 1.71 bits per heavy atom. The van der Waals surface area contributed by atoms with E-state index in [0.29, 0.717) is 0 Å². The van der Waals surface area contributed by atoms with Crippen LogP contribution in [0, 0.1) is 0 Å². The molecule has 0 heterocycles. The van der Waals surface area contributed by atoms with Gasteiger partial charge in [-0.15, -0.1) is 0 Å². The van der Waals surface area contributed by atoms with Crippen LogP contribution in [0.15, 0.2) is 11.6 Å². The van der Waals surface area contributed by atoms with Crippen LogP contribution in [0.5, 0.6) is 0 Å². The van der Waals surface area contributed by atoms with Crippen LogP contribution in [-0.4, -0.2) is 4.23 Å². The van der Waals surface area contributed by atoms with Crippen molar-refractivity contribution in [3.05, 3.63) is 11.6 Å². The molecule has 0 atom stereocenters. The summed E-state index contributed by atoms with van der Waals surface area (Å²) >= 11 is 1.36. The Kier molecular flexibility index (Phi) is 4.73. The molecule has 0 unspecified atom stereocenters. The van der Waals surface area contributed by atoms with Gasteiger partial charge in [-0.3, -0.25) is 0 Å². The Labute approximate surface area is 57.0 Å². The maximum atomic E-state index is 2.19. The zero-order chi connectivity index (χ0) is 5.70. The Bertz CT molecular complexity index is 82.2. The molecular weight excluding hydrogens is 253 g/mol. The Balaban J connectivity index is 3.49. The molecule has 0 N–H and O–H groups in total. The molecular formula is C6H10Ta. The molecule has 1 heteroatoms. The molecule has 0 saturated heterocycles. The van der Waals surface area contributed by atoms with Crippen LogP contribution in [0.25, 0.3) is 0 Å². The quantitative estimate of drug-likeness (QED) is 0.711. The van der Waals surface area contributed by atoms with E-state index in [1.807, 2.05) is 0 Å². The average Bonchev–Trinajstić information content (AvgIpc) is 1.68. The summed E-state index contributed by atoms with van der Waals surface area (Å²) in [5, 5.41) is 0. The molecule has 0 rings (SSSR count).